The van der Waals surface area contributed by atoms with Gasteiger partial charge in [0, 0.05) is 6.54 Å². The molecule has 1 heterocycles. The average Bonchev–Trinajstić information content (AvgIpc) is 3.34. The lowest BCUT2D eigenvalue weighted by atomic mass is 10.1. The molecule has 1 saturated carbocycles. The van der Waals surface area contributed by atoms with Gasteiger partial charge in [0.05, 0.1) is 16.2 Å². The smallest absolute Gasteiger partial charge is 0.238 e. The molecule has 0 spiro atoms. The van der Waals surface area contributed by atoms with Gasteiger partial charge in [-0.05, 0) is 54.3 Å². The maximum atomic E-state index is 12.2. The van der Waals surface area contributed by atoms with Crippen molar-refractivity contribution in [3.8, 4) is 0 Å². The summed E-state index contributed by atoms with van der Waals surface area (Å²) in [5, 5.41) is 19.9. The van der Waals surface area contributed by atoms with Crippen LogP contribution in [0.2, 0.25) is 0 Å². The summed E-state index contributed by atoms with van der Waals surface area (Å²) < 4.78 is 24.2. The SMILES string of the molecule is C[C@H](Sc1nnnn1C1CC1)C(=O)NCCc1ccc(S(N)(=O)=O)cc1. The van der Waals surface area contributed by atoms with E-state index in [0.29, 0.717) is 24.2 Å². The molecule has 1 aliphatic rings. The summed E-state index contributed by atoms with van der Waals surface area (Å²) in [4.78, 5) is 12.3. The van der Waals surface area contributed by atoms with E-state index < -0.39 is 10.0 Å². The average molecular weight is 396 g/mol. The molecule has 26 heavy (non-hydrogen) atoms. The van der Waals surface area contributed by atoms with Crippen LogP contribution in [0.5, 0.6) is 0 Å². The second kappa shape index (κ2) is 7.72. The number of rotatable bonds is 8. The van der Waals surface area contributed by atoms with Gasteiger partial charge < -0.3 is 5.32 Å². The van der Waals surface area contributed by atoms with Gasteiger partial charge in [0.25, 0.3) is 0 Å². The predicted octanol–water partition coefficient (Wildman–Crippen LogP) is 0.495. The van der Waals surface area contributed by atoms with Gasteiger partial charge in [0.1, 0.15) is 0 Å². The molecule has 1 aromatic carbocycles. The van der Waals surface area contributed by atoms with Crippen LogP contribution in [0.15, 0.2) is 34.3 Å². The zero-order valence-corrected chi connectivity index (χ0v) is 15.8. The Labute approximate surface area is 155 Å². The summed E-state index contributed by atoms with van der Waals surface area (Å²) in [5.41, 5.74) is 0.913. The fourth-order valence-electron chi connectivity index (χ4n) is 2.34. The molecule has 0 unspecified atom stereocenters. The second-order valence-corrected chi connectivity index (χ2v) is 9.00. The molecule has 9 nitrogen and oxygen atoms in total. The zero-order valence-electron chi connectivity index (χ0n) is 14.2. The molecular formula is C15H20N6O3S2. The maximum Gasteiger partial charge on any atom is 0.238 e. The number of nitrogens with zero attached hydrogens (tertiary/aromatic N) is 4. The summed E-state index contributed by atoms with van der Waals surface area (Å²) >= 11 is 1.34. The molecule has 1 fully saturated rings. The van der Waals surface area contributed by atoms with E-state index in [4.69, 9.17) is 5.14 Å². The molecular weight excluding hydrogens is 376 g/mol. The molecule has 11 heteroatoms. The van der Waals surface area contributed by atoms with Crippen LogP contribution in [0.4, 0.5) is 0 Å². The Morgan fingerprint density at radius 3 is 2.69 bits per heavy atom. The van der Waals surface area contributed by atoms with Crippen molar-refractivity contribution in [3.05, 3.63) is 29.8 Å². The standard InChI is InChI=1S/C15H20N6O3S2/c1-10(25-15-18-19-20-21(15)12-4-5-12)14(22)17-9-8-11-2-6-13(7-3-11)26(16,23)24/h2-3,6-7,10,12H,4-5,8-9H2,1H3,(H,17,22)(H2,16,23,24)/t10-/m0/s1. The number of nitrogens with two attached hydrogens (primary N) is 1. The Morgan fingerprint density at radius 1 is 1.38 bits per heavy atom. The number of primary sulfonamides is 1. The van der Waals surface area contributed by atoms with Gasteiger partial charge >= 0.3 is 0 Å². The number of benzene rings is 1. The summed E-state index contributed by atoms with van der Waals surface area (Å²) in [5.74, 6) is -0.0958. The lowest BCUT2D eigenvalue weighted by Crippen LogP contribution is -2.32. The summed E-state index contributed by atoms with van der Waals surface area (Å²) in [7, 11) is -3.69. The van der Waals surface area contributed by atoms with Crippen molar-refractivity contribution in [1.82, 2.24) is 25.5 Å². The molecule has 0 saturated heterocycles. The number of hydrogen-bond acceptors (Lipinski definition) is 7. The van der Waals surface area contributed by atoms with Gasteiger partial charge in [-0.15, -0.1) is 5.10 Å². The van der Waals surface area contributed by atoms with Gasteiger partial charge in [0.2, 0.25) is 21.1 Å². The van der Waals surface area contributed by atoms with E-state index in [0.717, 1.165) is 18.4 Å². The zero-order chi connectivity index (χ0) is 18.7. The number of sulfonamides is 1. The Hall–Kier alpha value is -1.98. The van der Waals surface area contributed by atoms with Crippen molar-refractivity contribution in [3.63, 3.8) is 0 Å². The molecule has 0 radical (unpaired) electrons. The molecule has 140 valence electrons. The first-order chi connectivity index (χ1) is 12.3. The van der Waals surface area contributed by atoms with E-state index in [1.165, 1.54) is 23.9 Å². The van der Waals surface area contributed by atoms with Crippen LogP contribution in [-0.4, -0.2) is 46.3 Å². The van der Waals surface area contributed by atoms with Crippen molar-refractivity contribution in [2.75, 3.05) is 6.54 Å². The molecule has 0 bridgehead atoms. The first-order valence-electron chi connectivity index (χ1n) is 8.18. The van der Waals surface area contributed by atoms with Crippen molar-refractivity contribution in [2.24, 2.45) is 5.14 Å². The fraction of sp³-hybridized carbons (Fsp3) is 0.467. The first kappa shape index (κ1) is 18.8. The number of carbonyl (C=O) groups excluding carboxylic acids is 1. The normalized spacial score (nSPS) is 15.6. The van der Waals surface area contributed by atoms with Crippen molar-refractivity contribution < 1.29 is 13.2 Å². The number of aromatic nitrogens is 4. The second-order valence-electron chi connectivity index (χ2n) is 6.13. The van der Waals surface area contributed by atoms with E-state index in [1.54, 1.807) is 16.8 Å². The van der Waals surface area contributed by atoms with Crippen LogP contribution in [0, 0.1) is 0 Å². The molecule has 1 atom stereocenters. The van der Waals surface area contributed by atoms with Crippen molar-refractivity contribution >= 4 is 27.7 Å². The monoisotopic (exact) mass is 396 g/mol. The van der Waals surface area contributed by atoms with Crippen LogP contribution >= 0.6 is 11.8 Å². The Kier molecular flexibility index (Phi) is 5.58. The predicted molar refractivity (Wildman–Crippen MR) is 95.9 cm³/mol. The third-order valence-corrected chi connectivity index (χ3v) is 5.95. The lowest BCUT2D eigenvalue weighted by molar-refractivity contribution is -0.120. The number of amides is 1. The van der Waals surface area contributed by atoms with E-state index in [9.17, 15) is 13.2 Å². The summed E-state index contributed by atoms with van der Waals surface area (Å²) in [6.07, 6.45) is 2.74. The van der Waals surface area contributed by atoms with E-state index in [2.05, 4.69) is 20.8 Å². The van der Waals surface area contributed by atoms with Crippen LogP contribution < -0.4 is 10.5 Å². The minimum Gasteiger partial charge on any atom is -0.355 e. The van der Waals surface area contributed by atoms with Gasteiger partial charge in [-0.3, -0.25) is 4.79 Å². The van der Waals surface area contributed by atoms with Crippen molar-refractivity contribution in [1.29, 1.82) is 0 Å². The molecule has 1 aliphatic carbocycles. The summed E-state index contributed by atoms with van der Waals surface area (Å²) in [6.45, 7) is 2.26. The van der Waals surface area contributed by atoms with Gasteiger partial charge in [-0.1, -0.05) is 23.9 Å². The van der Waals surface area contributed by atoms with E-state index >= 15 is 0 Å². The number of thioether (sulfide) groups is 1. The third kappa shape index (κ3) is 4.80. The molecule has 1 aromatic heterocycles. The molecule has 3 rings (SSSR count). The number of hydrogen-bond donors (Lipinski definition) is 2. The topological polar surface area (TPSA) is 133 Å². The van der Waals surface area contributed by atoms with Gasteiger partial charge in [0.15, 0.2) is 0 Å². The van der Waals surface area contributed by atoms with Gasteiger partial charge in [-0.2, -0.15) is 0 Å². The minimum absolute atomic E-state index is 0.0729. The highest BCUT2D eigenvalue weighted by atomic mass is 32.2. The van der Waals surface area contributed by atoms with Crippen molar-refractivity contribution in [2.45, 2.75) is 47.5 Å². The molecule has 2 aromatic rings. The van der Waals surface area contributed by atoms with Crippen LogP contribution in [0.1, 0.15) is 31.4 Å². The summed E-state index contributed by atoms with van der Waals surface area (Å²) in [6, 6.07) is 6.66. The van der Waals surface area contributed by atoms with Gasteiger partial charge in [-0.25, -0.2) is 18.2 Å². The highest BCUT2D eigenvalue weighted by Gasteiger charge is 2.29. The number of carbonyl (C=O) groups is 1. The lowest BCUT2D eigenvalue weighted by Gasteiger charge is -2.11. The fourth-order valence-corrected chi connectivity index (χ4v) is 3.74. The first-order valence-corrected chi connectivity index (χ1v) is 10.6. The number of tetrazole rings is 1. The highest BCUT2D eigenvalue weighted by molar-refractivity contribution is 8.00. The Bertz CT molecular complexity index is 877. The number of nitrogens with one attached hydrogen (secondary N) is 1. The molecule has 3 N–H and O–H groups in total. The van der Waals surface area contributed by atoms with Crippen LogP contribution in [-0.2, 0) is 21.2 Å². The third-order valence-electron chi connectivity index (χ3n) is 3.97. The minimum atomic E-state index is -3.69. The molecule has 0 aliphatic heterocycles. The quantitative estimate of drug-likeness (QED) is 0.621. The van der Waals surface area contributed by atoms with Crippen LogP contribution in [0.3, 0.4) is 0 Å². The molecule has 1 amide bonds. The largest absolute Gasteiger partial charge is 0.355 e. The van der Waals surface area contributed by atoms with E-state index in [1.807, 2.05) is 6.92 Å². The Morgan fingerprint density at radius 2 is 2.08 bits per heavy atom. The van der Waals surface area contributed by atoms with E-state index in [-0.39, 0.29) is 16.1 Å². The Balaban J connectivity index is 1.46. The maximum absolute atomic E-state index is 12.2. The van der Waals surface area contributed by atoms with Crippen LogP contribution in [0.25, 0.3) is 0 Å². The highest BCUT2D eigenvalue weighted by Crippen LogP contribution is 2.37.